The molecule has 0 heterocycles. The first kappa shape index (κ1) is 12.7. The Balaban J connectivity index is 2.97. The van der Waals surface area contributed by atoms with E-state index in [2.05, 4.69) is 6.58 Å². The Morgan fingerprint density at radius 2 is 1.82 bits per heavy atom. The molecule has 1 aromatic carbocycles. The number of hydrogen-bond acceptors (Lipinski definition) is 1. The van der Waals surface area contributed by atoms with Crippen LogP contribution in [0.25, 0.3) is 6.08 Å². The van der Waals surface area contributed by atoms with Crippen LogP contribution in [0, 0.1) is 0 Å². The second kappa shape index (κ2) is 7.01. The van der Waals surface area contributed by atoms with Gasteiger partial charge in [0.05, 0.1) is 0 Å². The molecular weight excluding hydrogens is 210 g/mol. The zero-order valence-corrected chi connectivity index (χ0v) is 9.54. The molecule has 1 aromatic rings. The lowest BCUT2D eigenvalue weighted by atomic mass is 10.1. The predicted octanol–water partition coefficient (Wildman–Crippen LogP) is 2.85. The molecular formula is C15H15NO. The molecule has 0 atom stereocenters. The fourth-order valence-electron chi connectivity index (χ4n) is 1.25. The number of carbonyl (C=O) groups excluding carboxylic acids is 1. The van der Waals surface area contributed by atoms with Crippen LogP contribution in [0.5, 0.6) is 0 Å². The van der Waals surface area contributed by atoms with Crippen molar-refractivity contribution < 1.29 is 4.79 Å². The van der Waals surface area contributed by atoms with E-state index in [0.29, 0.717) is 0 Å². The maximum absolute atomic E-state index is 10.7. The molecule has 0 unspecified atom stereocenters. The molecule has 0 spiro atoms. The van der Waals surface area contributed by atoms with Gasteiger partial charge in [-0.15, -0.1) is 0 Å². The third-order valence-corrected chi connectivity index (χ3v) is 2.00. The number of hydrogen-bond donors (Lipinski definition) is 1. The van der Waals surface area contributed by atoms with Gasteiger partial charge >= 0.3 is 0 Å². The van der Waals surface area contributed by atoms with Crippen molar-refractivity contribution in [2.75, 3.05) is 0 Å². The molecule has 0 aromatic heterocycles. The van der Waals surface area contributed by atoms with Crippen molar-refractivity contribution in [2.45, 2.75) is 0 Å². The van der Waals surface area contributed by atoms with Crippen LogP contribution >= 0.6 is 0 Å². The predicted molar refractivity (Wildman–Crippen MR) is 72.1 cm³/mol. The average molecular weight is 225 g/mol. The summed E-state index contributed by atoms with van der Waals surface area (Å²) in [7, 11) is 0. The number of primary amides is 1. The van der Waals surface area contributed by atoms with E-state index in [4.69, 9.17) is 5.73 Å². The summed E-state index contributed by atoms with van der Waals surface area (Å²) < 4.78 is 0. The molecule has 0 saturated carbocycles. The molecule has 86 valence electrons. The van der Waals surface area contributed by atoms with Crippen LogP contribution in [0.3, 0.4) is 0 Å². The SMILES string of the molecule is C=CC=CC(C=CC(N)=O)=Cc1ccccc1. The first-order valence-electron chi connectivity index (χ1n) is 5.26. The van der Waals surface area contributed by atoms with Gasteiger partial charge in [0.1, 0.15) is 0 Å². The standard InChI is InChI=1S/C15H15NO/c1-2-3-7-14(10-11-15(16)17)12-13-8-5-4-6-9-13/h2-12H,1H2,(H2,16,17). The van der Waals surface area contributed by atoms with Crippen molar-refractivity contribution in [1.82, 2.24) is 0 Å². The van der Waals surface area contributed by atoms with E-state index in [0.717, 1.165) is 11.1 Å². The topological polar surface area (TPSA) is 43.1 Å². The number of rotatable bonds is 5. The molecule has 0 fully saturated rings. The summed E-state index contributed by atoms with van der Waals surface area (Å²) in [5, 5.41) is 0. The van der Waals surface area contributed by atoms with Crippen molar-refractivity contribution in [2.24, 2.45) is 5.73 Å². The van der Waals surface area contributed by atoms with Crippen molar-refractivity contribution in [3.05, 3.63) is 78.4 Å². The summed E-state index contributed by atoms with van der Waals surface area (Å²) in [5.41, 5.74) is 7.01. The van der Waals surface area contributed by atoms with Gasteiger partial charge in [-0.1, -0.05) is 55.1 Å². The molecule has 0 aliphatic carbocycles. The Labute approximate surface area is 101 Å². The van der Waals surface area contributed by atoms with Crippen LogP contribution in [0.4, 0.5) is 0 Å². The number of benzene rings is 1. The maximum atomic E-state index is 10.7. The highest BCUT2D eigenvalue weighted by molar-refractivity contribution is 5.86. The number of allylic oxidation sites excluding steroid dienone is 5. The van der Waals surface area contributed by atoms with E-state index in [-0.39, 0.29) is 0 Å². The molecule has 0 aliphatic heterocycles. The van der Waals surface area contributed by atoms with Gasteiger partial charge in [-0.2, -0.15) is 0 Å². The summed E-state index contributed by atoms with van der Waals surface area (Å²) in [6.45, 7) is 3.61. The zero-order chi connectivity index (χ0) is 12.5. The van der Waals surface area contributed by atoms with Gasteiger partial charge in [-0.3, -0.25) is 4.79 Å². The first-order chi connectivity index (χ1) is 8.22. The minimum absolute atomic E-state index is 0.462. The second-order valence-corrected chi connectivity index (χ2v) is 3.39. The second-order valence-electron chi connectivity index (χ2n) is 3.39. The normalized spacial score (nSPS) is 12.1. The molecule has 0 radical (unpaired) electrons. The highest BCUT2D eigenvalue weighted by atomic mass is 16.1. The van der Waals surface area contributed by atoms with E-state index in [1.165, 1.54) is 6.08 Å². The van der Waals surface area contributed by atoms with Gasteiger partial charge in [-0.25, -0.2) is 0 Å². The van der Waals surface area contributed by atoms with Crippen LogP contribution in [-0.2, 0) is 4.79 Å². The average Bonchev–Trinajstić information content (AvgIpc) is 2.34. The number of nitrogens with two attached hydrogens (primary N) is 1. The van der Waals surface area contributed by atoms with E-state index in [9.17, 15) is 4.79 Å². The maximum Gasteiger partial charge on any atom is 0.241 e. The molecule has 2 N–H and O–H groups in total. The minimum Gasteiger partial charge on any atom is -0.366 e. The third kappa shape index (κ3) is 5.33. The van der Waals surface area contributed by atoms with Crippen molar-refractivity contribution in [3.8, 4) is 0 Å². The molecule has 17 heavy (non-hydrogen) atoms. The summed E-state index contributed by atoms with van der Waals surface area (Å²) in [4.78, 5) is 10.7. The van der Waals surface area contributed by atoms with Crippen LogP contribution < -0.4 is 5.73 Å². The molecule has 2 nitrogen and oxygen atoms in total. The summed E-state index contributed by atoms with van der Waals surface area (Å²) >= 11 is 0. The van der Waals surface area contributed by atoms with E-state index < -0.39 is 5.91 Å². The number of carbonyl (C=O) groups is 1. The summed E-state index contributed by atoms with van der Waals surface area (Å²) in [5.74, 6) is -0.462. The smallest absolute Gasteiger partial charge is 0.241 e. The highest BCUT2D eigenvalue weighted by Crippen LogP contribution is 2.09. The monoisotopic (exact) mass is 225 g/mol. The van der Waals surface area contributed by atoms with Gasteiger partial charge in [-0.05, 0) is 23.3 Å². The Kier molecular flexibility index (Phi) is 5.25. The van der Waals surface area contributed by atoms with Crippen molar-refractivity contribution in [3.63, 3.8) is 0 Å². The molecule has 0 saturated heterocycles. The minimum atomic E-state index is -0.462. The van der Waals surface area contributed by atoms with E-state index in [1.807, 2.05) is 42.5 Å². The van der Waals surface area contributed by atoms with Crippen LogP contribution in [0.15, 0.2) is 72.9 Å². The lowest BCUT2D eigenvalue weighted by Gasteiger charge is -1.96. The number of amides is 1. The Morgan fingerprint density at radius 3 is 2.41 bits per heavy atom. The Hall–Kier alpha value is -2.35. The quantitative estimate of drug-likeness (QED) is 0.607. The molecule has 1 rings (SSSR count). The van der Waals surface area contributed by atoms with E-state index >= 15 is 0 Å². The molecule has 1 amide bonds. The fraction of sp³-hybridized carbons (Fsp3) is 0. The molecule has 0 bridgehead atoms. The van der Waals surface area contributed by atoms with Gasteiger partial charge < -0.3 is 5.73 Å². The third-order valence-electron chi connectivity index (χ3n) is 2.00. The lowest BCUT2D eigenvalue weighted by Crippen LogP contribution is -2.05. The Bertz CT molecular complexity index is 467. The van der Waals surface area contributed by atoms with E-state index in [1.54, 1.807) is 18.2 Å². The largest absolute Gasteiger partial charge is 0.366 e. The van der Waals surface area contributed by atoms with Gasteiger partial charge in [0, 0.05) is 6.08 Å². The van der Waals surface area contributed by atoms with Gasteiger partial charge in [0.15, 0.2) is 0 Å². The molecule has 0 aliphatic rings. The van der Waals surface area contributed by atoms with Crippen LogP contribution in [0.1, 0.15) is 5.56 Å². The Morgan fingerprint density at radius 1 is 1.12 bits per heavy atom. The van der Waals surface area contributed by atoms with Crippen LogP contribution in [-0.4, -0.2) is 5.91 Å². The highest BCUT2D eigenvalue weighted by Gasteiger charge is 1.90. The lowest BCUT2D eigenvalue weighted by molar-refractivity contribution is -0.113. The first-order valence-corrected chi connectivity index (χ1v) is 5.26. The van der Waals surface area contributed by atoms with Crippen LogP contribution in [0.2, 0.25) is 0 Å². The fourth-order valence-corrected chi connectivity index (χ4v) is 1.25. The van der Waals surface area contributed by atoms with Crippen molar-refractivity contribution in [1.29, 1.82) is 0 Å². The summed E-state index contributed by atoms with van der Waals surface area (Å²) in [6, 6.07) is 9.84. The van der Waals surface area contributed by atoms with Gasteiger partial charge in [0.2, 0.25) is 5.91 Å². The van der Waals surface area contributed by atoms with Crippen molar-refractivity contribution >= 4 is 12.0 Å². The molecule has 2 heteroatoms. The summed E-state index contributed by atoms with van der Waals surface area (Å²) in [6.07, 6.45) is 10.3. The van der Waals surface area contributed by atoms with Gasteiger partial charge in [0.25, 0.3) is 0 Å². The zero-order valence-electron chi connectivity index (χ0n) is 9.54.